The topological polar surface area (TPSA) is 54.7 Å². The fourth-order valence-electron chi connectivity index (χ4n) is 0.975. The van der Waals surface area contributed by atoms with Crippen LogP contribution >= 0.6 is 27.3 Å². The van der Waals surface area contributed by atoms with Gasteiger partial charge < -0.3 is 5.73 Å². The summed E-state index contributed by atoms with van der Waals surface area (Å²) in [7, 11) is 0. The van der Waals surface area contributed by atoms with E-state index in [1.54, 1.807) is 6.07 Å². The molecule has 13 heavy (non-hydrogen) atoms. The van der Waals surface area contributed by atoms with Crippen molar-refractivity contribution in [2.24, 2.45) is 0 Å². The van der Waals surface area contributed by atoms with Crippen molar-refractivity contribution in [3.8, 4) is 11.3 Å². The van der Waals surface area contributed by atoms with Crippen molar-refractivity contribution in [3.63, 3.8) is 0 Å². The Balaban J connectivity index is 2.52. The van der Waals surface area contributed by atoms with Gasteiger partial charge in [0.25, 0.3) is 0 Å². The molecular weight excluding hydrogens is 257 g/mol. The number of hydrogen-bond donors (Lipinski definition) is 2. The fourth-order valence-corrected chi connectivity index (χ4v) is 2.12. The van der Waals surface area contributed by atoms with Gasteiger partial charge >= 0.3 is 0 Å². The molecule has 0 bridgehead atoms. The lowest BCUT2D eigenvalue weighted by Gasteiger charge is -1.89. The molecule has 0 aromatic carbocycles. The van der Waals surface area contributed by atoms with E-state index in [1.807, 2.05) is 5.38 Å². The maximum Gasteiger partial charge on any atom is 0.192 e. The molecule has 0 radical (unpaired) electrons. The third-order valence-corrected chi connectivity index (χ3v) is 3.09. The fraction of sp³-hybridized carbons (Fsp3) is 0. The van der Waals surface area contributed by atoms with Crippen LogP contribution in [0.4, 0.5) is 10.2 Å². The normalized spacial score (nSPS) is 10.6. The van der Waals surface area contributed by atoms with Gasteiger partial charge in [-0.05, 0) is 22.0 Å². The van der Waals surface area contributed by atoms with Crippen molar-refractivity contribution in [3.05, 3.63) is 21.1 Å². The van der Waals surface area contributed by atoms with Crippen LogP contribution in [-0.4, -0.2) is 10.2 Å². The molecular formula is C7H5BrFN3S. The number of anilines is 1. The van der Waals surface area contributed by atoms with Crippen molar-refractivity contribution >= 4 is 33.1 Å². The number of hydrogen-bond acceptors (Lipinski definition) is 3. The summed E-state index contributed by atoms with van der Waals surface area (Å²) < 4.78 is 14.2. The summed E-state index contributed by atoms with van der Waals surface area (Å²) in [6.07, 6.45) is 0. The summed E-state index contributed by atoms with van der Waals surface area (Å²) in [5, 5.41) is 7.93. The van der Waals surface area contributed by atoms with Gasteiger partial charge in [-0.15, -0.1) is 11.3 Å². The number of nitrogens with zero attached hydrogens (tertiary/aromatic N) is 1. The minimum atomic E-state index is -0.495. The molecule has 0 atom stereocenters. The van der Waals surface area contributed by atoms with E-state index in [9.17, 15) is 4.39 Å². The average molecular weight is 262 g/mol. The van der Waals surface area contributed by atoms with Gasteiger partial charge in [0.15, 0.2) is 11.6 Å². The molecule has 0 aliphatic carbocycles. The number of thiophene rings is 1. The molecule has 0 spiro atoms. The van der Waals surface area contributed by atoms with E-state index in [-0.39, 0.29) is 5.82 Å². The number of nitrogens with one attached hydrogen (secondary N) is 1. The summed E-state index contributed by atoms with van der Waals surface area (Å²) in [6, 6.07) is 1.81. The Hall–Kier alpha value is -0.880. The molecule has 68 valence electrons. The quantitative estimate of drug-likeness (QED) is 0.830. The summed E-state index contributed by atoms with van der Waals surface area (Å²) in [5.41, 5.74) is 6.34. The molecule has 2 heterocycles. The molecule has 0 saturated carbocycles. The van der Waals surface area contributed by atoms with Crippen LogP contribution in [0.1, 0.15) is 0 Å². The van der Waals surface area contributed by atoms with E-state index >= 15 is 0 Å². The van der Waals surface area contributed by atoms with Crippen molar-refractivity contribution in [1.82, 2.24) is 10.2 Å². The summed E-state index contributed by atoms with van der Waals surface area (Å²) in [6.45, 7) is 0. The molecule has 0 amide bonds. The van der Waals surface area contributed by atoms with Crippen LogP contribution in [0.5, 0.6) is 0 Å². The van der Waals surface area contributed by atoms with Crippen LogP contribution in [-0.2, 0) is 0 Å². The van der Waals surface area contributed by atoms with E-state index < -0.39 is 5.82 Å². The molecule has 2 aromatic rings. The largest absolute Gasteiger partial charge is 0.380 e. The van der Waals surface area contributed by atoms with Crippen molar-refractivity contribution in [1.29, 1.82) is 0 Å². The van der Waals surface area contributed by atoms with E-state index in [2.05, 4.69) is 26.1 Å². The lowest BCUT2D eigenvalue weighted by molar-refractivity contribution is 0.636. The molecule has 2 aromatic heterocycles. The van der Waals surface area contributed by atoms with Crippen LogP contribution < -0.4 is 5.73 Å². The van der Waals surface area contributed by atoms with Gasteiger partial charge in [0, 0.05) is 10.9 Å². The molecule has 0 fully saturated rings. The van der Waals surface area contributed by atoms with Crippen molar-refractivity contribution in [2.75, 3.05) is 5.73 Å². The van der Waals surface area contributed by atoms with Crippen LogP contribution in [0.2, 0.25) is 0 Å². The lowest BCUT2D eigenvalue weighted by Crippen LogP contribution is -1.86. The molecule has 0 unspecified atom stereocenters. The van der Waals surface area contributed by atoms with Crippen LogP contribution in [0.15, 0.2) is 15.2 Å². The second kappa shape index (κ2) is 3.12. The molecule has 3 N–H and O–H groups in total. The number of halogens is 2. The van der Waals surface area contributed by atoms with Gasteiger partial charge in [0.1, 0.15) is 5.69 Å². The van der Waals surface area contributed by atoms with Gasteiger partial charge in [0.05, 0.1) is 3.79 Å². The Morgan fingerprint density at radius 3 is 2.85 bits per heavy atom. The number of aromatic amines is 1. The Labute approximate surface area is 85.9 Å². The van der Waals surface area contributed by atoms with E-state index in [1.165, 1.54) is 11.3 Å². The number of nitrogens with two attached hydrogens (primary N) is 1. The first-order valence-electron chi connectivity index (χ1n) is 3.42. The highest BCUT2D eigenvalue weighted by molar-refractivity contribution is 9.11. The Kier molecular flexibility index (Phi) is 2.09. The molecule has 0 saturated heterocycles. The lowest BCUT2D eigenvalue weighted by atomic mass is 10.2. The minimum Gasteiger partial charge on any atom is -0.380 e. The number of H-pyrrole nitrogens is 1. The highest BCUT2D eigenvalue weighted by atomic mass is 79.9. The predicted molar refractivity (Wildman–Crippen MR) is 54.0 cm³/mol. The zero-order valence-corrected chi connectivity index (χ0v) is 8.75. The van der Waals surface area contributed by atoms with Gasteiger partial charge in [-0.1, -0.05) is 0 Å². The smallest absolute Gasteiger partial charge is 0.192 e. The second-order valence-corrected chi connectivity index (χ2v) is 4.73. The summed E-state index contributed by atoms with van der Waals surface area (Å²) in [4.78, 5) is 0. The highest BCUT2D eigenvalue weighted by Gasteiger charge is 2.12. The Bertz CT molecular complexity index is 437. The third-order valence-electron chi connectivity index (χ3n) is 1.59. The van der Waals surface area contributed by atoms with Gasteiger partial charge in [-0.2, -0.15) is 5.10 Å². The van der Waals surface area contributed by atoms with Crippen molar-refractivity contribution < 1.29 is 4.39 Å². The standard InChI is InChI=1S/C7H5BrFN3S/c8-4-1-3(2-13-4)6-5(9)7(10)12-11-6/h1-2H,(H3,10,11,12). The molecule has 2 rings (SSSR count). The predicted octanol–water partition coefficient (Wildman–Crippen LogP) is 2.62. The SMILES string of the molecule is Nc1n[nH]c(-c2csc(Br)c2)c1F. The zero-order valence-electron chi connectivity index (χ0n) is 6.34. The third kappa shape index (κ3) is 1.47. The molecule has 0 aliphatic rings. The van der Waals surface area contributed by atoms with Crippen molar-refractivity contribution in [2.45, 2.75) is 0 Å². The number of rotatable bonds is 1. The van der Waals surface area contributed by atoms with Crippen LogP contribution in [0, 0.1) is 5.82 Å². The summed E-state index contributed by atoms with van der Waals surface area (Å²) in [5.74, 6) is -0.595. The van der Waals surface area contributed by atoms with Crippen LogP contribution in [0.25, 0.3) is 11.3 Å². The highest BCUT2D eigenvalue weighted by Crippen LogP contribution is 2.30. The molecule has 3 nitrogen and oxygen atoms in total. The molecule has 6 heteroatoms. The summed E-state index contributed by atoms with van der Waals surface area (Å²) >= 11 is 4.77. The van der Waals surface area contributed by atoms with Gasteiger partial charge in [-0.25, -0.2) is 4.39 Å². The maximum atomic E-state index is 13.2. The van der Waals surface area contributed by atoms with Gasteiger partial charge in [0.2, 0.25) is 0 Å². The Morgan fingerprint density at radius 1 is 1.62 bits per heavy atom. The van der Waals surface area contributed by atoms with E-state index in [0.29, 0.717) is 5.69 Å². The van der Waals surface area contributed by atoms with E-state index in [0.717, 1.165) is 9.35 Å². The van der Waals surface area contributed by atoms with Gasteiger partial charge in [-0.3, -0.25) is 5.10 Å². The molecule has 0 aliphatic heterocycles. The first kappa shape index (κ1) is 8.71. The minimum absolute atomic E-state index is 0.0997. The maximum absolute atomic E-state index is 13.2. The van der Waals surface area contributed by atoms with Crippen LogP contribution in [0.3, 0.4) is 0 Å². The monoisotopic (exact) mass is 261 g/mol. The number of nitrogen functional groups attached to an aromatic ring is 1. The number of aromatic nitrogens is 2. The first-order valence-corrected chi connectivity index (χ1v) is 5.09. The zero-order chi connectivity index (χ0) is 9.42. The second-order valence-electron chi connectivity index (χ2n) is 2.44. The Morgan fingerprint density at radius 2 is 2.38 bits per heavy atom. The average Bonchev–Trinajstić information content (AvgIpc) is 2.62. The first-order chi connectivity index (χ1) is 6.18. The van der Waals surface area contributed by atoms with E-state index in [4.69, 9.17) is 5.73 Å².